The predicted molar refractivity (Wildman–Crippen MR) is 79.1 cm³/mol. The van der Waals surface area contributed by atoms with Crippen molar-refractivity contribution in [3.63, 3.8) is 0 Å². The maximum atomic E-state index is 14.1. The Bertz CT molecular complexity index is 613. The highest BCUT2D eigenvalue weighted by molar-refractivity contribution is 6.17. The van der Waals surface area contributed by atoms with Gasteiger partial charge in [-0.05, 0) is 36.1 Å². The number of nitrogens with zero attached hydrogens (tertiary/aromatic N) is 1. The monoisotopic (exact) mass is 293 g/mol. The van der Waals surface area contributed by atoms with E-state index in [1.807, 2.05) is 25.1 Å². The predicted octanol–water partition coefficient (Wildman–Crippen LogP) is 5.18. The van der Waals surface area contributed by atoms with E-state index >= 15 is 0 Å². The third-order valence-corrected chi connectivity index (χ3v) is 3.45. The third-order valence-electron chi connectivity index (χ3n) is 3.17. The Morgan fingerprint density at radius 1 is 1.30 bits per heavy atom. The Morgan fingerprint density at radius 3 is 2.70 bits per heavy atom. The topological polar surface area (TPSA) is 22.1 Å². The van der Waals surface area contributed by atoms with Crippen molar-refractivity contribution in [2.24, 2.45) is 0 Å². The van der Waals surface area contributed by atoms with Crippen LogP contribution in [-0.2, 0) is 5.88 Å². The van der Waals surface area contributed by atoms with Gasteiger partial charge in [-0.15, -0.1) is 11.6 Å². The van der Waals surface area contributed by atoms with E-state index in [1.54, 1.807) is 6.07 Å². The molecule has 0 aliphatic carbocycles. The summed E-state index contributed by atoms with van der Waals surface area (Å²) in [6, 6.07) is 7.49. The van der Waals surface area contributed by atoms with E-state index in [4.69, 9.17) is 16.3 Å². The molecule has 0 unspecified atom stereocenters. The van der Waals surface area contributed by atoms with Gasteiger partial charge in [-0.1, -0.05) is 26.0 Å². The summed E-state index contributed by atoms with van der Waals surface area (Å²) in [6.07, 6.45) is 1.50. The molecule has 0 saturated heterocycles. The normalized spacial score (nSPS) is 10.9. The molecule has 2 rings (SSSR count). The van der Waals surface area contributed by atoms with Crippen LogP contribution in [0.2, 0.25) is 0 Å². The molecule has 106 valence electrons. The summed E-state index contributed by atoms with van der Waals surface area (Å²) in [5.74, 6) is 0.554. The summed E-state index contributed by atoms with van der Waals surface area (Å²) in [5, 5.41) is 0. The van der Waals surface area contributed by atoms with Crippen molar-refractivity contribution in [2.75, 3.05) is 0 Å². The van der Waals surface area contributed by atoms with Gasteiger partial charge in [0.1, 0.15) is 5.75 Å². The van der Waals surface area contributed by atoms with Gasteiger partial charge in [0, 0.05) is 11.8 Å². The number of ether oxygens (including phenoxy) is 1. The van der Waals surface area contributed by atoms with E-state index in [0.29, 0.717) is 17.2 Å². The lowest BCUT2D eigenvalue weighted by Gasteiger charge is -2.13. The minimum Gasteiger partial charge on any atom is -0.436 e. The first-order valence-corrected chi connectivity index (χ1v) is 7.04. The van der Waals surface area contributed by atoms with Crippen LogP contribution in [0.1, 0.15) is 36.5 Å². The first kappa shape index (κ1) is 14.8. The first-order chi connectivity index (χ1) is 9.52. The highest BCUT2D eigenvalue weighted by atomic mass is 35.5. The van der Waals surface area contributed by atoms with Crippen LogP contribution in [-0.4, -0.2) is 4.98 Å². The zero-order chi connectivity index (χ0) is 14.7. The van der Waals surface area contributed by atoms with Crippen molar-refractivity contribution in [1.82, 2.24) is 4.98 Å². The molecule has 2 aromatic rings. The fourth-order valence-corrected chi connectivity index (χ4v) is 2.03. The molecule has 0 aliphatic heterocycles. The molecule has 0 N–H and O–H groups in total. The fourth-order valence-electron chi connectivity index (χ4n) is 1.83. The Morgan fingerprint density at radius 2 is 2.05 bits per heavy atom. The van der Waals surface area contributed by atoms with Gasteiger partial charge >= 0.3 is 0 Å². The quantitative estimate of drug-likeness (QED) is 0.724. The van der Waals surface area contributed by atoms with E-state index in [0.717, 1.165) is 11.1 Å². The SMILES string of the molecule is Cc1ccc(C(C)C)cc1Oc1nccc(CCl)c1F. The van der Waals surface area contributed by atoms with Crippen molar-refractivity contribution < 1.29 is 9.13 Å². The molecule has 0 aliphatic rings. The summed E-state index contributed by atoms with van der Waals surface area (Å²) in [7, 11) is 0. The van der Waals surface area contributed by atoms with Gasteiger partial charge < -0.3 is 4.74 Å². The van der Waals surface area contributed by atoms with Gasteiger partial charge in [-0.3, -0.25) is 0 Å². The lowest BCUT2D eigenvalue weighted by Crippen LogP contribution is -1.98. The van der Waals surface area contributed by atoms with Crippen molar-refractivity contribution in [1.29, 1.82) is 0 Å². The number of aryl methyl sites for hydroxylation is 1. The number of halogens is 2. The third kappa shape index (κ3) is 3.10. The van der Waals surface area contributed by atoms with Crippen LogP contribution in [0.5, 0.6) is 11.6 Å². The van der Waals surface area contributed by atoms with Gasteiger partial charge in [0.05, 0.1) is 5.88 Å². The van der Waals surface area contributed by atoms with E-state index in [1.165, 1.54) is 6.20 Å². The average Bonchev–Trinajstić information content (AvgIpc) is 2.43. The Hall–Kier alpha value is -1.61. The summed E-state index contributed by atoms with van der Waals surface area (Å²) in [5.41, 5.74) is 2.46. The van der Waals surface area contributed by atoms with E-state index in [-0.39, 0.29) is 11.8 Å². The van der Waals surface area contributed by atoms with Crippen molar-refractivity contribution in [3.05, 3.63) is 53.0 Å². The molecule has 4 heteroatoms. The Balaban J connectivity index is 2.37. The largest absolute Gasteiger partial charge is 0.436 e. The number of aromatic nitrogens is 1. The second-order valence-corrected chi connectivity index (χ2v) is 5.27. The molecule has 2 nitrogen and oxygen atoms in total. The van der Waals surface area contributed by atoms with Crippen molar-refractivity contribution in [2.45, 2.75) is 32.6 Å². The lowest BCUT2D eigenvalue weighted by molar-refractivity contribution is 0.417. The van der Waals surface area contributed by atoms with Gasteiger partial charge in [-0.2, -0.15) is 0 Å². The van der Waals surface area contributed by atoms with Gasteiger partial charge in [0.25, 0.3) is 5.88 Å². The second kappa shape index (κ2) is 6.23. The Kier molecular flexibility index (Phi) is 4.61. The number of alkyl halides is 1. The van der Waals surface area contributed by atoms with Crippen LogP contribution >= 0.6 is 11.6 Å². The number of rotatable bonds is 4. The molecular formula is C16H17ClFNO. The van der Waals surface area contributed by atoms with Crippen LogP contribution in [0, 0.1) is 12.7 Å². The number of pyridine rings is 1. The summed E-state index contributed by atoms with van der Waals surface area (Å²) < 4.78 is 19.7. The number of benzene rings is 1. The van der Waals surface area contributed by atoms with Crippen LogP contribution in [0.25, 0.3) is 0 Å². The highest BCUT2D eigenvalue weighted by Gasteiger charge is 2.13. The number of hydrogen-bond acceptors (Lipinski definition) is 2. The zero-order valence-electron chi connectivity index (χ0n) is 11.8. The maximum Gasteiger partial charge on any atom is 0.256 e. The maximum absolute atomic E-state index is 14.1. The van der Waals surface area contributed by atoms with Crippen LogP contribution in [0.4, 0.5) is 4.39 Å². The fraction of sp³-hybridized carbons (Fsp3) is 0.312. The summed E-state index contributed by atoms with van der Waals surface area (Å²) >= 11 is 5.68. The van der Waals surface area contributed by atoms with Crippen LogP contribution in [0.3, 0.4) is 0 Å². The van der Waals surface area contributed by atoms with Crippen molar-refractivity contribution in [3.8, 4) is 11.6 Å². The van der Waals surface area contributed by atoms with E-state index in [9.17, 15) is 4.39 Å². The molecular weight excluding hydrogens is 277 g/mol. The molecule has 0 radical (unpaired) electrons. The molecule has 0 atom stereocenters. The summed E-state index contributed by atoms with van der Waals surface area (Å²) in [4.78, 5) is 3.94. The first-order valence-electron chi connectivity index (χ1n) is 6.50. The molecule has 1 aromatic carbocycles. The van der Waals surface area contributed by atoms with Gasteiger partial charge in [0.15, 0.2) is 5.82 Å². The summed E-state index contributed by atoms with van der Waals surface area (Å²) in [6.45, 7) is 6.12. The van der Waals surface area contributed by atoms with E-state index < -0.39 is 5.82 Å². The minimum absolute atomic E-state index is 0.0350. The zero-order valence-corrected chi connectivity index (χ0v) is 12.5. The highest BCUT2D eigenvalue weighted by Crippen LogP contribution is 2.30. The van der Waals surface area contributed by atoms with Gasteiger partial charge in [0.2, 0.25) is 0 Å². The molecule has 0 bridgehead atoms. The second-order valence-electron chi connectivity index (χ2n) is 5.00. The Labute approximate surface area is 123 Å². The lowest BCUT2D eigenvalue weighted by atomic mass is 10.0. The van der Waals surface area contributed by atoms with Crippen LogP contribution < -0.4 is 4.74 Å². The standard InChI is InChI=1S/C16H17ClFNO/c1-10(2)12-5-4-11(3)14(8-12)20-16-15(18)13(9-17)6-7-19-16/h4-8,10H,9H2,1-3H3. The molecule has 0 saturated carbocycles. The van der Waals surface area contributed by atoms with Crippen molar-refractivity contribution >= 4 is 11.6 Å². The molecule has 0 spiro atoms. The smallest absolute Gasteiger partial charge is 0.256 e. The molecule has 20 heavy (non-hydrogen) atoms. The molecule has 0 amide bonds. The molecule has 1 aromatic heterocycles. The van der Waals surface area contributed by atoms with E-state index in [2.05, 4.69) is 18.8 Å². The number of hydrogen-bond donors (Lipinski definition) is 0. The minimum atomic E-state index is -0.503. The molecule has 0 fully saturated rings. The molecule has 1 heterocycles. The average molecular weight is 294 g/mol. The van der Waals surface area contributed by atoms with Crippen LogP contribution in [0.15, 0.2) is 30.5 Å². The van der Waals surface area contributed by atoms with Gasteiger partial charge in [-0.25, -0.2) is 9.37 Å².